The van der Waals surface area contributed by atoms with Gasteiger partial charge >= 0.3 is 0 Å². The van der Waals surface area contributed by atoms with Gasteiger partial charge in [0.2, 0.25) is 0 Å². The first-order valence-electron chi connectivity index (χ1n) is 5.75. The van der Waals surface area contributed by atoms with Gasteiger partial charge in [-0.1, -0.05) is 0 Å². The fourth-order valence-electron chi connectivity index (χ4n) is 1.65. The number of aromatic nitrogens is 1. The highest BCUT2D eigenvalue weighted by molar-refractivity contribution is 9.11. The number of rotatable bonds is 4. The summed E-state index contributed by atoms with van der Waals surface area (Å²) in [6, 6.07) is 10.9. The molecule has 0 radical (unpaired) electrons. The number of hydrogen-bond acceptors (Lipinski definition) is 4. The Bertz CT molecular complexity index is 638. The van der Waals surface area contributed by atoms with Gasteiger partial charge in [-0.25, -0.2) is 0 Å². The fraction of sp³-hybridized carbons (Fsp3) is 0.143. The Labute approximate surface area is 134 Å². The van der Waals surface area contributed by atoms with Crippen LogP contribution in [0.5, 0.6) is 5.75 Å². The number of anilines is 1. The van der Waals surface area contributed by atoms with Gasteiger partial charge in [0, 0.05) is 20.8 Å². The number of hydrogen-bond donors (Lipinski definition) is 1. The number of methoxy groups -OCH3 is 1. The molecule has 0 bridgehead atoms. The van der Waals surface area contributed by atoms with Crippen LogP contribution in [0.4, 0.5) is 5.69 Å². The molecule has 1 unspecified atom stereocenters. The third-order valence-corrected chi connectivity index (χ3v) is 3.71. The van der Waals surface area contributed by atoms with Crippen molar-refractivity contribution in [2.24, 2.45) is 0 Å². The molecular formula is C14H11Br2N3O. The van der Waals surface area contributed by atoms with Crippen LogP contribution in [-0.2, 0) is 0 Å². The predicted octanol–water partition coefficient (Wildman–Crippen LogP) is 4.29. The van der Waals surface area contributed by atoms with Crippen LogP contribution in [0, 0.1) is 11.3 Å². The van der Waals surface area contributed by atoms with E-state index in [4.69, 9.17) is 4.74 Å². The van der Waals surface area contributed by atoms with Gasteiger partial charge in [-0.05, 0) is 62.2 Å². The van der Waals surface area contributed by atoms with Crippen LogP contribution >= 0.6 is 31.9 Å². The highest BCUT2D eigenvalue weighted by Gasteiger charge is 2.15. The SMILES string of the molecule is COc1ccc(NC(C#N)c2ncc(Br)cc2Br)cc1. The smallest absolute Gasteiger partial charge is 0.158 e. The van der Waals surface area contributed by atoms with E-state index >= 15 is 0 Å². The maximum Gasteiger partial charge on any atom is 0.158 e. The summed E-state index contributed by atoms with van der Waals surface area (Å²) in [5.74, 6) is 0.770. The Morgan fingerprint density at radius 3 is 2.55 bits per heavy atom. The minimum Gasteiger partial charge on any atom is -0.497 e. The van der Waals surface area contributed by atoms with E-state index in [-0.39, 0.29) is 0 Å². The second kappa shape index (κ2) is 6.73. The molecule has 1 aromatic heterocycles. The van der Waals surface area contributed by atoms with Crippen LogP contribution < -0.4 is 10.1 Å². The van der Waals surface area contributed by atoms with E-state index in [1.807, 2.05) is 30.3 Å². The van der Waals surface area contributed by atoms with Gasteiger partial charge in [-0.15, -0.1) is 0 Å². The minimum atomic E-state index is -0.536. The van der Waals surface area contributed by atoms with Crippen molar-refractivity contribution in [2.45, 2.75) is 6.04 Å². The molecule has 0 amide bonds. The Kier molecular flexibility index (Phi) is 4.99. The van der Waals surface area contributed by atoms with Gasteiger partial charge in [-0.3, -0.25) is 4.98 Å². The van der Waals surface area contributed by atoms with Gasteiger partial charge in [0.15, 0.2) is 6.04 Å². The molecule has 0 aliphatic rings. The second-order valence-electron chi connectivity index (χ2n) is 3.96. The lowest BCUT2D eigenvalue weighted by atomic mass is 10.2. The summed E-state index contributed by atoms with van der Waals surface area (Å²) in [6.45, 7) is 0. The molecule has 102 valence electrons. The molecule has 1 N–H and O–H groups in total. The quantitative estimate of drug-likeness (QED) is 0.837. The van der Waals surface area contributed by atoms with Gasteiger partial charge in [0.25, 0.3) is 0 Å². The zero-order chi connectivity index (χ0) is 14.5. The summed E-state index contributed by atoms with van der Waals surface area (Å²) in [5.41, 5.74) is 1.47. The molecule has 0 spiro atoms. The van der Waals surface area contributed by atoms with E-state index in [1.54, 1.807) is 13.3 Å². The van der Waals surface area contributed by atoms with Crippen LogP contribution in [0.3, 0.4) is 0 Å². The fourth-order valence-corrected chi connectivity index (χ4v) is 2.87. The van der Waals surface area contributed by atoms with Crippen molar-refractivity contribution in [2.75, 3.05) is 12.4 Å². The van der Waals surface area contributed by atoms with Crippen LogP contribution in [0.25, 0.3) is 0 Å². The molecule has 6 heteroatoms. The first-order valence-corrected chi connectivity index (χ1v) is 7.34. The van der Waals surface area contributed by atoms with Crippen LogP contribution in [0.1, 0.15) is 11.7 Å². The van der Waals surface area contributed by atoms with Crippen molar-refractivity contribution in [3.63, 3.8) is 0 Å². The zero-order valence-corrected chi connectivity index (χ0v) is 13.8. The largest absolute Gasteiger partial charge is 0.497 e. The number of pyridine rings is 1. The Balaban J connectivity index is 2.22. The van der Waals surface area contributed by atoms with E-state index in [0.717, 1.165) is 20.4 Å². The van der Waals surface area contributed by atoms with Crippen LogP contribution in [0.2, 0.25) is 0 Å². The number of nitriles is 1. The lowest BCUT2D eigenvalue weighted by Crippen LogP contribution is -2.11. The summed E-state index contributed by atoms with van der Waals surface area (Å²) >= 11 is 6.76. The molecule has 0 saturated carbocycles. The van der Waals surface area contributed by atoms with Gasteiger partial charge in [-0.2, -0.15) is 5.26 Å². The number of nitrogens with one attached hydrogen (secondary N) is 1. The van der Waals surface area contributed by atoms with Crippen LogP contribution in [0.15, 0.2) is 45.5 Å². The van der Waals surface area contributed by atoms with Crippen molar-refractivity contribution in [3.8, 4) is 11.8 Å². The predicted molar refractivity (Wildman–Crippen MR) is 84.6 cm³/mol. The molecule has 0 aliphatic heterocycles. The lowest BCUT2D eigenvalue weighted by molar-refractivity contribution is 0.415. The average molecular weight is 397 g/mol. The van der Waals surface area contributed by atoms with Crippen molar-refractivity contribution in [1.29, 1.82) is 5.26 Å². The van der Waals surface area contributed by atoms with Crippen LogP contribution in [-0.4, -0.2) is 12.1 Å². The molecule has 20 heavy (non-hydrogen) atoms. The summed E-state index contributed by atoms with van der Waals surface area (Å²) in [7, 11) is 1.61. The number of ether oxygens (including phenoxy) is 1. The van der Waals surface area contributed by atoms with E-state index in [2.05, 4.69) is 48.2 Å². The van der Waals surface area contributed by atoms with Crippen molar-refractivity contribution >= 4 is 37.5 Å². The summed E-state index contributed by atoms with van der Waals surface area (Å²) < 4.78 is 6.73. The van der Waals surface area contributed by atoms with Gasteiger partial charge in [0.1, 0.15) is 5.75 Å². The topological polar surface area (TPSA) is 57.9 Å². The third-order valence-electron chi connectivity index (χ3n) is 2.64. The highest BCUT2D eigenvalue weighted by atomic mass is 79.9. The summed E-state index contributed by atoms with van der Waals surface area (Å²) in [5, 5.41) is 12.5. The maximum absolute atomic E-state index is 9.33. The standard InChI is InChI=1S/C14H11Br2N3O/c1-20-11-4-2-10(3-5-11)19-13(7-17)14-12(16)6-9(15)8-18-14/h2-6,8,13,19H,1H3. The molecule has 1 atom stereocenters. The monoisotopic (exact) mass is 395 g/mol. The molecule has 0 aliphatic carbocycles. The number of benzene rings is 1. The average Bonchev–Trinajstić information content (AvgIpc) is 2.46. The molecule has 4 nitrogen and oxygen atoms in total. The lowest BCUT2D eigenvalue weighted by Gasteiger charge is -2.14. The Hall–Kier alpha value is -1.58. The summed E-state index contributed by atoms with van der Waals surface area (Å²) in [4.78, 5) is 4.28. The van der Waals surface area contributed by atoms with Gasteiger partial charge < -0.3 is 10.1 Å². The minimum absolute atomic E-state index is 0.536. The zero-order valence-electron chi connectivity index (χ0n) is 10.6. The van der Waals surface area contributed by atoms with Gasteiger partial charge in [0.05, 0.1) is 18.9 Å². The molecule has 1 aromatic carbocycles. The van der Waals surface area contributed by atoms with Crippen molar-refractivity contribution < 1.29 is 4.74 Å². The molecule has 0 saturated heterocycles. The second-order valence-corrected chi connectivity index (χ2v) is 5.73. The third kappa shape index (κ3) is 3.50. The number of halogens is 2. The molecular weight excluding hydrogens is 386 g/mol. The molecule has 0 fully saturated rings. The normalized spacial score (nSPS) is 11.5. The van der Waals surface area contributed by atoms with E-state index in [9.17, 15) is 5.26 Å². The van der Waals surface area contributed by atoms with E-state index in [0.29, 0.717) is 5.69 Å². The van der Waals surface area contributed by atoms with E-state index < -0.39 is 6.04 Å². The Morgan fingerprint density at radius 1 is 1.30 bits per heavy atom. The Morgan fingerprint density at radius 2 is 2.00 bits per heavy atom. The molecule has 1 heterocycles. The first-order chi connectivity index (χ1) is 9.63. The first kappa shape index (κ1) is 14.8. The van der Waals surface area contributed by atoms with Crippen molar-refractivity contribution in [3.05, 3.63) is 51.2 Å². The highest BCUT2D eigenvalue weighted by Crippen LogP contribution is 2.27. The van der Waals surface area contributed by atoms with E-state index in [1.165, 1.54) is 0 Å². The summed E-state index contributed by atoms with van der Waals surface area (Å²) in [6.07, 6.45) is 1.67. The molecule has 2 rings (SSSR count). The molecule has 2 aromatic rings. The van der Waals surface area contributed by atoms with Crippen molar-refractivity contribution in [1.82, 2.24) is 4.98 Å². The maximum atomic E-state index is 9.33. The number of nitrogens with zero attached hydrogens (tertiary/aromatic N) is 2.